The van der Waals surface area contributed by atoms with Crippen LogP contribution in [0.1, 0.15) is 20.8 Å². The Morgan fingerprint density at radius 1 is 1.35 bits per heavy atom. The van der Waals surface area contributed by atoms with E-state index in [4.69, 9.17) is 13.9 Å². The fourth-order valence-corrected chi connectivity index (χ4v) is 1.75. The molecule has 0 fully saturated rings. The highest BCUT2D eigenvalue weighted by Gasteiger charge is 2.19. The topological polar surface area (TPSA) is 86.0 Å². The van der Waals surface area contributed by atoms with E-state index in [0.717, 1.165) is 0 Å². The van der Waals surface area contributed by atoms with Gasteiger partial charge in [-0.25, -0.2) is 4.79 Å². The number of ether oxygens (including phenoxy) is 2. The normalized spacial score (nSPS) is 10.8. The molecule has 0 amide bonds. The van der Waals surface area contributed by atoms with E-state index in [1.165, 1.54) is 13.0 Å². The van der Waals surface area contributed by atoms with E-state index in [1.807, 2.05) is 0 Å². The second-order valence-electron chi connectivity index (χ2n) is 4.46. The number of hydrogen-bond acceptors (Lipinski definition) is 6. The minimum atomic E-state index is -0.951. The van der Waals surface area contributed by atoms with Crippen LogP contribution >= 0.6 is 0 Å². The van der Waals surface area contributed by atoms with Gasteiger partial charge >= 0.3 is 11.6 Å². The monoisotopic (exact) mass is 278 g/mol. The van der Waals surface area contributed by atoms with Crippen LogP contribution in [-0.2, 0) is 4.79 Å². The number of hydrogen-bond donors (Lipinski definition) is 1. The highest BCUT2D eigenvalue weighted by Crippen LogP contribution is 2.36. The van der Waals surface area contributed by atoms with Crippen molar-refractivity contribution in [3.8, 4) is 17.2 Å². The maximum atomic E-state index is 11.6. The van der Waals surface area contributed by atoms with Crippen molar-refractivity contribution < 1.29 is 23.8 Å². The van der Waals surface area contributed by atoms with Crippen molar-refractivity contribution >= 4 is 16.9 Å². The molecular formula is C14H14O6. The summed E-state index contributed by atoms with van der Waals surface area (Å²) in [6.45, 7) is 4.76. The fourth-order valence-electron chi connectivity index (χ4n) is 1.75. The number of rotatable bonds is 3. The zero-order valence-corrected chi connectivity index (χ0v) is 11.3. The van der Waals surface area contributed by atoms with Gasteiger partial charge in [0.2, 0.25) is 5.75 Å². The predicted molar refractivity (Wildman–Crippen MR) is 71.2 cm³/mol. The molecule has 2 rings (SSSR count). The molecule has 0 unspecified atom stereocenters. The Balaban J connectivity index is 2.75. The lowest BCUT2D eigenvalue weighted by Crippen LogP contribution is -2.10. The third kappa shape index (κ3) is 2.59. The van der Waals surface area contributed by atoms with Crippen molar-refractivity contribution in [3.05, 3.63) is 28.6 Å². The molecule has 0 spiro atoms. The number of esters is 1. The summed E-state index contributed by atoms with van der Waals surface area (Å²) in [6.07, 6.45) is -0.247. The quantitative estimate of drug-likeness (QED) is 0.526. The smallest absolute Gasteiger partial charge is 0.382 e. The van der Waals surface area contributed by atoms with E-state index in [-0.39, 0.29) is 23.2 Å². The maximum Gasteiger partial charge on any atom is 0.382 e. The first-order chi connectivity index (χ1) is 9.40. The molecule has 0 aliphatic rings. The first-order valence-electron chi connectivity index (χ1n) is 6.04. The molecule has 6 nitrogen and oxygen atoms in total. The Hall–Kier alpha value is -2.50. The zero-order chi connectivity index (χ0) is 14.9. The maximum absolute atomic E-state index is 11.6. The van der Waals surface area contributed by atoms with Crippen LogP contribution in [0.4, 0.5) is 0 Å². The number of carbonyl (C=O) groups excluding carboxylic acids is 1. The van der Waals surface area contributed by atoms with E-state index < -0.39 is 17.3 Å². The highest BCUT2D eigenvalue weighted by molar-refractivity contribution is 5.91. The number of fused-ring (bicyclic) bond motifs is 1. The summed E-state index contributed by atoms with van der Waals surface area (Å²) in [5, 5.41) is 10.1. The van der Waals surface area contributed by atoms with Crippen LogP contribution < -0.4 is 15.1 Å². The molecule has 1 aromatic carbocycles. The summed E-state index contributed by atoms with van der Waals surface area (Å²) < 4.78 is 15.4. The molecule has 0 saturated heterocycles. The van der Waals surface area contributed by atoms with Crippen LogP contribution in [0.15, 0.2) is 27.4 Å². The SMILES string of the molecule is CC(=O)Oc1cccc2c(OC(C)C)c(O)c(=O)oc12. The van der Waals surface area contributed by atoms with Crippen molar-refractivity contribution in [2.75, 3.05) is 0 Å². The second kappa shape index (κ2) is 5.24. The van der Waals surface area contributed by atoms with E-state index in [9.17, 15) is 14.7 Å². The second-order valence-corrected chi connectivity index (χ2v) is 4.46. The van der Waals surface area contributed by atoms with Crippen LogP contribution in [-0.4, -0.2) is 17.2 Å². The Kier molecular flexibility index (Phi) is 3.65. The van der Waals surface area contributed by atoms with Gasteiger partial charge < -0.3 is 19.0 Å². The van der Waals surface area contributed by atoms with E-state index in [0.29, 0.717) is 5.39 Å². The fraction of sp³-hybridized carbons (Fsp3) is 0.286. The largest absolute Gasteiger partial charge is 0.499 e. The molecular weight excluding hydrogens is 264 g/mol. The molecule has 0 radical (unpaired) electrons. The molecule has 1 heterocycles. The Morgan fingerprint density at radius 3 is 2.65 bits per heavy atom. The Morgan fingerprint density at radius 2 is 2.05 bits per heavy atom. The van der Waals surface area contributed by atoms with Crippen LogP contribution in [0, 0.1) is 0 Å². The van der Waals surface area contributed by atoms with Gasteiger partial charge in [0.1, 0.15) is 0 Å². The summed E-state index contributed by atoms with van der Waals surface area (Å²) in [7, 11) is 0. The first kappa shape index (κ1) is 13.9. The summed E-state index contributed by atoms with van der Waals surface area (Å²) >= 11 is 0. The number of benzene rings is 1. The zero-order valence-electron chi connectivity index (χ0n) is 11.3. The highest BCUT2D eigenvalue weighted by atomic mass is 16.5. The van der Waals surface area contributed by atoms with E-state index in [2.05, 4.69) is 0 Å². The van der Waals surface area contributed by atoms with Crippen molar-refractivity contribution in [2.24, 2.45) is 0 Å². The minimum absolute atomic E-state index is 0.0141. The number of carbonyl (C=O) groups is 1. The van der Waals surface area contributed by atoms with Crippen LogP contribution in [0.5, 0.6) is 17.2 Å². The van der Waals surface area contributed by atoms with Gasteiger partial charge in [0.05, 0.1) is 11.5 Å². The van der Waals surface area contributed by atoms with Crippen molar-refractivity contribution in [3.63, 3.8) is 0 Å². The average molecular weight is 278 g/mol. The van der Waals surface area contributed by atoms with Gasteiger partial charge in [-0.3, -0.25) is 4.79 Å². The summed E-state index contributed by atoms with van der Waals surface area (Å²) in [5.74, 6) is -1.04. The van der Waals surface area contributed by atoms with Crippen LogP contribution in [0.25, 0.3) is 11.0 Å². The van der Waals surface area contributed by atoms with E-state index >= 15 is 0 Å². The standard InChI is InChI=1S/C14H14O6/c1-7(2)18-13-9-5-4-6-10(19-8(3)15)12(9)20-14(17)11(13)16/h4-7,16H,1-3H3. The lowest BCUT2D eigenvalue weighted by molar-refractivity contribution is -0.131. The van der Waals surface area contributed by atoms with Gasteiger partial charge in [-0.1, -0.05) is 6.07 Å². The lowest BCUT2D eigenvalue weighted by Gasteiger charge is -2.13. The molecule has 6 heteroatoms. The van der Waals surface area contributed by atoms with Gasteiger partial charge in [-0.15, -0.1) is 0 Å². The summed E-state index contributed by atoms with van der Waals surface area (Å²) in [4.78, 5) is 22.7. The first-order valence-corrected chi connectivity index (χ1v) is 6.04. The molecule has 2 aromatic rings. The lowest BCUT2D eigenvalue weighted by atomic mass is 10.2. The van der Waals surface area contributed by atoms with Gasteiger partial charge in [0, 0.05) is 6.92 Å². The van der Waals surface area contributed by atoms with Crippen molar-refractivity contribution in [1.29, 1.82) is 0 Å². The van der Waals surface area contributed by atoms with Crippen molar-refractivity contribution in [2.45, 2.75) is 26.9 Å². The molecule has 0 bridgehead atoms. The van der Waals surface area contributed by atoms with Gasteiger partial charge in [-0.2, -0.15) is 0 Å². The number of aromatic hydroxyl groups is 1. The Bertz CT molecular complexity index is 713. The number of para-hydroxylation sites is 1. The van der Waals surface area contributed by atoms with Gasteiger partial charge in [-0.05, 0) is 26.0 Å². The molecule has 0 aliphatic carbocycles. The molecule has 0 saturated carbocycles. The molecule has 0 aliphatic heterocycles. The summed E-state index contributed by atoms with van der Waals surface area (Å²) in [6, 6.07) is 4.69. The molecule has 1 aromatic heterocycles. The molecule has 0 atom stereocenters. The van der Waals surface area contributed by atoms with Crippen LogP contribution in [0.2, 0.25) is 0 Å². The molecule has 20 heavy (non-hydrogen) atoms. The third-order valence-electron chi connectivity index (χ3n) is 2.43. The van der Waals surface area contributed by atoms with Gasteiger partial charge in [0.25, 0.3) is 0 Å². The van der Waals surface area contributed by atoms with Crippen molar-refractivity contribution in [1.82, 2.24) is 0 Å². The third-order valence-corrected chi connectivity index (χ3v) is 2.43. The molecule has 1 N–H and O–H groups in total. The van der Waals surface area contributed by atoms with Crippen LogP contribution in [0.3, 0.4) is 0 Å². The minimum Gasteiger partial charge on any atom is -0.499 e. The predicted octanol–water partition coefficient (Wildman–Crippen LogP) is 2.21. The van der Waals surface area contributed by atoms with Gasteiger partial charge in [0.15, 0.2) is 17.1 Å². The average Bonchev–Trinajstić information content (AvgIpc) is 2.35. The molecule has 106 valence electrons. The summed E-state index contributed by atoms with van der Waals surface area (Å²) in [5.41, 5.74) is -0.895. The Labute approximate surface area is 114 Å². The van der Waals surface area contributed by atoms with E-state index in [1.54, 1.807) is 26.0 Å².